The molecule has 0 aliphatic heterocycles. The van der Waals surface area contributed by atoms with Crippen molar-refractivity contribution in [1.82, 2.24) is 4.57 Å². The van der Waals surface area contributed by atoms with Crippen LogP contribution in [0.4, 0.5) is 0 Å². The first-order valence-electron chi connectivity index (χ1n) is 16.3. The first kappa shape index (κ1) is 26.1. The zero-order valence-corrected chi connectivity index (χ0v) is 25.7. The molecule has 47 heavy (non-hydrogen) atoms. The molecule has 0 unspecified atom stereocenters. The van der Waals surface area contributed by atoms with Crippen LogP contribution in [0.15, 0.2) is 176 Å². The maximum atomic E-state index is 2.44. The number of hydrogen-bond acceptors (Lipinski definition) is 0. The van der Waals surface area contributed by atoms with Gasteiger partial charge < -0.3 is 4.57 Å². The smallest absolute Gasteiger partial charge is 0.0541 e. The molecule has 0 atom stereocenters. The SMILES string of the molecule is c1ccc2cc(-c3ccc4c(c3)c3cc(-c5ccc6ccccc6c5)ccc3n4-c3ccc4c(ccc5ccccc54)c3)ccc2c1. The Hall–Kier alpha value is -6.18. The van der Waals surface area contributed by atoms with Crippen molar-refractivity contribution < 1.29 is 0 Å². The summed E-state index contributed by atoms with van der Waals surface area (Å²) in [6.45, 7) is 0. The molecule has 0 N–H and O–H groups in total. The third-order valence-electron chi connectivity index (χ3n) is 9.92. The lowest BCUT2D eigenvalue weighted by molar-refractivity contribution is 1.19. The van der Waals surface area contributed by atoms with Crippen LogP contribution in [0.5, 0.6) is 0 Å². The molecule has 1 heteroatoms. The highest BCUT2D eigenvalue weighted by Gasteiger charge is 2.16. The molecule has 0 spiro atoms. The standard InChI is InChI=1S/C46H29N/c1-3-10-33-25-35(16-13-30(33)7-1)37-19-23-45-43(28-37)44-29-38(36-17-14-31-8-2-4-11-34(31)26-36)20-24-46(44)47(45)40-21-22-42-39(27-40)18-15-32-9-5-6-12-41(32)42/h1-29H. The summed E-state index contributed by atoms with van der Waals surface area (Å²) in [4.78, 5) is 0. The summed E-state index contributed by atoms with van der Waals surface area (Å²) < 4.78 is 2.44. The maximum Gasteiger partial charge on any atom is 0.0541 e. The predicted octanol–water partition coefficient (Wildman–Crippen LogP) is 12.7. The number of benzene rings is 9. The molecule has 0 bridgehead atoms. The maximum absolute atomic E-state index is 2.44. The summed E-state index contributed by atoms with van der Waals surface area (Å²) in [5, 5.41) is 12.6. The van der Waals surface area contributed by atoms with Crippen LogP contribution in [0.2, 0.25) is 0 Å². The fourth-order valence-corrected chi connectivity index (χ4v) is 7.54. The second-order valence-corrected chi connectivity index (χ2v) is 12.6. The minimum Gasteiger partial charge on any atom is -0.309 e. The van der Waals surface area contributed by atoms with Gasteiger partial charge in [0.15, 0.2) is 0 Å². The third-order valence-corrected chi connectivity index (χ3v) is 9.92. The molecule has 0 aliphatic carbocycles. The van der Waals surface area contributed by atoms with E-state index < -0.39 is 0 Å². The molecule has 1 aromatic heterocycles. The molecule has 1 nitrogen and oxygen atoms in total. The van der Waals surface area contributed by atoms with E-state index in [2.05, 4.69) is 180 Å². The summed E-state index contributed by atoms with van der Waals surface area (Å²) in [7, 11) is 0. The number of rotatable bonds is 3. The van der Waals surface area contributed by atoms with Crippen LogP contribution in [-0.4, -0.2) is 4.57 Å². The molecule has 0 amide bonds. The van der Waals surface area contributed by atoms with Gasteiger partial charge in [0, 0.05) is 16.5 Å². The Bertz CT molecular complexity index is 2720. The van der Waals surface area contributed by atoms with Crippen LogP contribution in [0.3, 0.4) is 0 Å². The van der Waals surface area contributed by atoms with Gasteiger partial charge >= 0.3 is 0 Å². The van der Waals surface area contributed by atoms with Crippen molar-refractivity contribution in [2.75, 3.05) is 0 Å². The van der Waals surface area contributed by atoms with Crippen molar-refractivity contribution >= 4 is 64.9 Å². The Morgan fingerprint density at radius 3 is 1.32 bits per heavy atom. The molecule has 9 aromatic carbocycles. The van der Waals surface area contributed by atoms with E-state index in [0.29, 0.717) is 0 Å². The molecular formula is C46H29N. The van der Waals surface area contributed by atoms with Crippen LogP contribution in [0.25, 0.3) is 92.8 Å². The highest BCUT2D eigenvalue weighted by atomic mass is 15.0. The van der Waals surface area contributed by atoms with Crippen LogP contribution >= 0.6 is 0 Å². The molecule has 1 heterocycles. The van der Waals surface area contributed by atoms with Crippen molar-refractivity contribution in [3.05, 3.63) is 176 Å². The molecule has 10 rings (SSSR count). The van der Waals surface area contributed by atoms with Crippen LogP contribution in [-0.2, 0) is 0 Å². The van der Waals surface area contributed by atoms with Gasteiger partial charge in [-0.2, -0.15) is 0 Å². The van der Waals surface area contributed by atoms with Gasteiger partial charge in [0.05, 0.1) is 11.0 Å². The molecule has 0 saturated carbocycles. The van der Waals surface area contributed by atoms with E-state index in [4.69, 9.17) is 0 Å². The molecule has 218 valence electrons. The normalized spacial score (nSPS) is 11.8. The minimum atomic E-state index is 1.17. The van der Waals surface area contributed by atoms with Gasteiger partial charge in [-0.05, 0) is 114 Å². The molecule has 10 aromatic rings. The van der Waals surface area contributed by atoms with Gasteiger partial charge in [0.1, 0.15) is 0 Å². The number of fused-ring (bicyclic) bond motifs is 8. The highest BCUT2D eigenvalue weighted by Crippen LogP contribution is 2.39. The average molecular weight is 596 g/mol. The highest BCUT2D eigenvalue weighted by molar-refractivity contribution is 6.13. The van der Waals surface area contributed by atoms with Gasteiger partial charge in [-0.25, -0.2) is 0 Å². The topological polar surface area (TPSA) is 4.93 Å². The molecule has 0 fully saturated rings. The van der Waals surface area contributed by atoms with Crippen molar-refractivity contribution in [2.45, 2.75) is 0 Å². The van der Waals surface area contributed by atoms with Crippen LogP contribution in [0, 0.1) is 0 Å². The Kier molecular flexibility index (Phi) is 5.64. The fourth-order valence-electron chi connectivity index (χ4n) is 7.54. The third kappa shape index (κ3) is 4.17. The summed E-state index contributed by atoms with van der Waals surface area (Å²) in [5.41, 5.74) is 8.50. The summed E-state index contributed by atoms with van der Waals surface area (Å²) in [6.07, 6.45) is 0. The van der Waals surface area contributed by atoms with Gasteiger partial charge in [0.2, 0.25) is 0 Å². The van der Waals surface area contributed by atoms with E-state index in [-0.39, 0.29) is 0 Å². The quantitative estimate of drug-likeness (QED) is 0.179. The molecular weight excluding hydrogens is 567 g/mol. The van der Waals surface area contributed by atoms with E-state index in [1.165, 1.54) is 92.8 Å². The monoisotopic (exact) mass is 595 g/mol. The van der Waals surface area contributed by atoms with Crippen LogP contribution in [0.1, 0.15) is 0 Å². The van der Waals surface area contributed by atoms with Gasteiger partial charge in [0.25, 0.3) is 0 Å². The van der Waals surface area contributed by atoms with E-state index in [0.717, 1.165) is 0 Å². The second kappa shape index (κ2) is 10.2. The van der Waals surface area contributed by atoms with Crippen molar-refractivity contribution in [3.8, 4) is 27.9 Å². The Morgan fingerprint density at radius 2 is 0.702 bits per heavy atom. The predicted molar refractivity (Wildman–Crippen MR) is 202 cm³/mol. The lowest BCUT2D eigenvalue weighted by Crippen LogP contribution is -1.94. The minimum absolute atomic E-state index is 1.17. The number of hydrogen-bond donors (Lipinski definition) is 0. The van der Waals surface area contributed by atoms with Crippen LogP contribution < -0.4 is 0 Å². The van der Waals surface area contributed by atoms with Gasteiger partial charge in [-0.15, -0.1) is 0 Å². The number of aromatic nitrogens is 1. The van der Waals surface area contributed by atoms with Gasteiger partial charge in [-0.3, -0.25) is 0 Å². The molecule has 0 saturated heterocycles. The first-order valence-corrected chi connectivity index (χ1v) is 16.3. The molecule has 0 radical (unpaired) electrons. The summed E-state index contributed by atoms with van der Waals surface area (Å²) in [5.74, 6) is 0. The van der Waals surface area contributed by atoms with Crippen molar-refractivity contribution in [1.29, 1.82) is 0 Å². The number of nitrogens with zero attached hydrogens (tertiary/aromatic N) is 1. The lowest BCUT2D eigenvalue weighted by Gasteiger charge is -2.11. The fraction of sp³-hybridized carbons (Fsp3) is 0. The average Bonchev–Trinajstić information content (AvgIpc) is 3.47. The zero-order valence-electron chi connectivity index (χ0n) is 25.7. The Morgan fingerprint density at radius 1 is 0.255 bits per heavy atom. The van der Waals surface area contributed by atoms with E-state index in [1.54, 1.807) is 0 Å². The Balaban J connectivity index is 1.21. The summed E-state index contributed by atoms with van der Waals surface area (Å²) >= 11 is 0. The van der Waals surface area contributed by atoms with Crippen molar-refractivity contribution in [2.24, 2.45) is 0 Å². The largest absolute Gasteiger partial charge is 0.309 e. The van der Waals surface area contributed by atoms with E-state index >= 15 is 0 Å². The van der Waals surface area contributed by atoms with E-state index in [9.17, 15) is 0 Å². The summed E-state index contributed by atoms with van der Waals surface area (Å²) in [6, 6.07) is 64.7. The molecule has 0 aliphatic rings. The van der Waals surface area contributed by atoms with E-state index in [1.807, 2.05) is 0 Å². The zero-order chi connectivity index (χ0) is 30.9. The first-order chi connectivity index (χ1) is 23.3. The second-order valence-electron chi connectivity index (χ2n) is 12.6. The Labute approximate surface area is 272 Å². The lowest BCUT2D eigenvalue weighted by atomic mass is 9.98. The van der Waals surface area contributed by atoms with Crippen molar-refractivity contribution in [3.63, 3.8) is 0 Å². The van der Waals surface area contributed by atoms with Gasteiger partial charge in [-0.1, -0.05) is 127 Å².